The molecule has 0 aliphatic heterocycles. The van der Waals surface area contributed by atoms with E-state index in [-0.39, 0.29) is 27.4 Å². The average molecular weight is 483 g/mol. The predicted molar refractivity (Wildman–Crippen MR) is 133 cm³/mol. The van der Waals surface area contributed by atoms with Crippen molar-refractivity contribution in [3.63, 3.8) is 0 Å². The number of rotatable bonds is 6. The van der Waals surface area contributed by atoms with Crippen molar-refractivity contribution in [1.29, 1.82) is 0 Å². The molecule has 0 saturated carbocycles. The van der Waals surface area contributed by atoms with Gasteiger partial charge in [-0.25, -0.2) is 8.42 Å². The third-order valence-electron chi connectivity index (χ3n) is 6.30. The first-order chi connectivity index (χ1) is 15.7. The number of anilines is 1. The van der Waals surface area contributed by atoms with Gasteiger partial charge in [-0.05, 0) is 92.1 Å². The molecule has 0 heterocycles. The highest BCUT2D eigenvalue weighted by Gasteiger charge is 2.22. The molecule has 33 heavy (non-hydrogen) atoms. The molecule has 2 N–H and O–H groups in total. The minimum Gasteiger partial charge on any atom is -0.346 e. The quantitative estimate of drug-likeness (QED) is 0.470. The molecule has 0 bridgehead atoms. The van der Waals surface area contributed by atoms with Gasteiger partial charge in [0.2, 0.25) is 0 Å². The van der Waals surface area contributed by atoms with E-state index in [4.69, 9.17) is 11.6 Å². The zero-order valence-corrected chi connectivity index (χ0v) is 20.5. The van der Waals surface area contributed by atoms with Gasteiger partial charge in [-0.3, -0.25) is 9.52 Å². The van der Waals surface area contributed by atoms with Crippen molar-refractivity contribution in [2.75, 3.05) is 4.72 Å². The fourth-order valence-electron chi connectivity index (χ4n) is 4.14. The minimum absolute atomic E-state index is 0.0519. The second-order valence-electron chi connectivity index (χ2n) is 8.58. The number of aryl methyl sites for hydroxylation is 3. The van der Waals surface area contributed by atoms with Crippen molar-refractivity contribution in [2.24, 2.45) is 0 Å². The van der Waals surface area contributed by atoms with Crippen molar-refractivity contribution in [3.05, 3.63) is 93.0 Å². The first-order valence-electron chi connectivity index (χ1n) is 11.0. The van der Waals surface area contributed by atoms with Gasteiger partial charge in [-0.1, -0.05) is 41.9 Å². The van der Waals surface area contributed by atoms with Crippen LogP contribution in [0.5, 0.6) is 0 Å². The number of fused-ring (bicyclic) bond motifs is 1. The molecule has 4 rings (SSSR count). The molecular formula is C26H27ClN2O3S. The maximum absolute atomic E-state index is 13.1. The standard InChI is InChI=1S/C26H27ClN2O3S/c1-16-6-4-9-24(17(16)2)29-33(31,32)25-15-22(12-13-23(25)27)26(30)28-18(3)20-11-10-19-7-5-8-21(19)14-20/h4,6,9-15,18,29H,5,7-8H2,1-3H3,(H,28,30)/t18-/m1/s1. The number of carbonyl (C=O) groups excluding carboxylic acids is 1. The molecule has 0 unspecified atom stereocenters. The highest BCUT2D eigenvalue weighted by atomic mass is 35.5. The van der Waals surface area contributed by atoms with Crippen LogP contribution in [0.2, 0.25) is 5.02 Å². The Hall–Kier alpha value is -2.83. The number of amides is 1. The summed E-state index contributed by atoms with van der Waals surface area (Å²) in [6.07, 6.45) is 3.34. The summed E-state index contributed by atoms with van der Waals surface area (Å²) in [5.74, 6) is -0.358. The van der Waals surface area contributed by atoms with E-state index in [0.717, 1.165) is 36.0 Å². The summed E-state index contributed by atoms with van der Waals surface area (Å²) in [7, 11) is -3.99. The van der Waals surface area contributed by atoms with Crippen LogP contribution in [0.3, 0.4) is 0 Å². The van der Waals surface area contributed by atoms with Gasteiger partial charge in [0.25, 0.3) is 15.9 Å². The highest BCUT2D eigenvalue weighted by molar-refractivity contribution is 7.92. The van der Waals surface area contributed by atoms with Crippen LogP contribution in [0.25, 0.3) is 0 Å². The molecule has 0 fully saturated rings. The molecular weight excluding hydrogens is 456 g/mol. The Morgan fingerprint density at radius 2 is 1.76 bits per heavy atom. The van der Waals surface area contributed by atoms with E-state index in [1.54, 1.807) is 12.1 Å². The van der Waals surface area contributed by atoms with Crippen molar-refractivity contribution in [3.8, 4) is 0 Å². The lowest BCUT2D eigenvalue weighted by Gasteiger charge is -2.17. The maximum atomic E-state index is 13.1. The predicted octanol–water partition coefficient (Wildman–Crippen LogP) is 5.74. The second kappa shape index (κ2) is 9.20. The van der Waals surface area contributed by atoms with E-state index in [0.29, 0.717) is 5.69 Å². The summed E-state index contributed by atoms with van der Waals surface area (Å²) in [6.45, 7) is 5.68. The van der Waals surface area contributed by atoms with Gasteiger partial charge in [-0.2, -0.15) is 0 Å². The number of nitrogens with one attached hydrogen (secondary N) is 2. The number of halogens is 1. The van der Waals surface area contributed by atoms with Crippen LogP contribution in [0.1, 0.15) is 57.6 Å². The Labute approximate surface area is 200 Å². The molecule has 1 amide bonds. The minimum atomic E-state index is -3.99. The van der Waals surface area contributed by atoms with Gasteiger partial charge in [-0.15, -0.1) is 0 Å². The lowest BCUT2D eigenvalue weighted by atomic mass is 10.0. The van der Waals surface area contributed by atoms with E-state index < -0.39 is 10.0 Å². The van der Waals surface area contributed by atoms with E-state index in [1.165, 1.54) is 29.3 Å². The lowest BCUT2D eigenvalue weighted by Crippen LogP contribution is -2.27. The summed E-state index contributed by atoms with van der Waals surface area (Å²) in [6, 6.07) is 15.8. The van der Waals surface area contributed by atoms with Crippen molar-refractivity contribution < 1.29 is 13.2 Å². The second-order valence-corrected chi connectivity index (χ2v) is 10.6. The third kappa shape index (κ3) is 4.92. The molecule has 1 atom stereocenters. The largest absolute Gasteiger partial charge is 0.346 e. The Morgan fingerprint density at radius 1 is 1.00 bits per heavy atom. The highest BCUT2D eigenvalue weighted by Crippen LogP contribution is 2.28. The molecule has 3 aromatic rings. The van der Waals surface area contributed by atoms with E-state index in [1.807, 2.05) is 32.9 Å². The third-order valence-corrected chi connectivity index (χ3v) is 8.15. The van der Waals surface area contributed by atoms with Crippen LogP contribution >= 0.6 is 11.6 Å². The van der Waals surface area contributed by atoms with E-state index >= 15 is 0 Å². The smallest absolute Gasteiger partial charge is 0.263 e. The number of benzene rings is 3. The molecule has 3 aromatic carbocycles. The monoisotopic (exact) mass is 482 g/mol. The summed E-state index contributed by atoms with van der Waals surface area (Å²) >= 11 is 6.23. The zero-order valence-electron chi connectivity index (χ0n) is 18.9. The molecule has 0 saturated heterocycles. The Morgan fingerprint density at radius 3 is 2.55 bits per heavy atom. The lowest BCUT2D eigenvalue weighted by molar-refractivity contribution is 0.0939. The van der Waals surface area contributed by atoms with Gasteiger partial charge in [0.15, 0.2) is 0 Å². The summed E-state index contributed by atoms with van der Waals surface area (Å²) < 4.78 is 28.8. The van der Waals surface area contributed by atoms with E-state index in [9.17, 15) is 13.2 Å². The molecule has 5 nitrogen and oxygen atoms in total. The molecule has 0 radical (unpaired) electrons. The molecule has 0 spiro atoms. The van der Waals surface area contributed by atoms with Gasteiger partial charge >= 0.3 is 0 Å². The van der Waals surface area contributed by atoms with Crippen LogP contribution in [0.4, 0.5) is 5.69 Å². The van der Waals surface area contributed by atoms with Gasteiger partial charge < -0.3 is 5.32 Å². The van der Waals surface area contributed by atoms with Crippen molar-refractivity contribution in [2.45, 2.75) is 51.0 Å². The van der Waals surface area contributed by atoms with Crippen LogP contribution in [-0.2, 0) is 22.9 Å². The van der Waals surface area contributed by atoms with Crippen LogP contribution < -0.4 is 10.0 Å². The number of hydrogen-bond donors (Lipinski definition) is 2. The number of hydrogen-bond acceptors (Lipinski definition) is 3. The number of sulfonamides is 1. The molecule has 7 heteroatoms. The van der Waals surface area contributed by atoms with Crippen LogP contribution in [0, 0.1) is 13.8 Å². The Balaban J connectivity index is 1.56. The summed E-state index contributed by atoms with van der Waals surface area (Å²) in [4.78, 5) is 12.8. The Bertz CT molecular complexity index is 1340. The molecule has 0 aromatic heterocycles. The van der Waals surface area contributed by atoms with Gasteiger partial charge in [0, 0.05) is 5.56 Å². The fourth-order valence-corrected chi connectivity index (χ4v) is 5.79. The first kappa shape index (κ1) is 23.3. The SMILES string of the molecule is Cc1cccc(NS(=O)(=O)c2cc(C(=O)N[C@H](C)c3ccc4c(c3)CCC4)ccc2Cl)c1C. The van der Waals surface area contributed by atoms with Crippen molar-refractivity contribution in [1.82, 2.24) is 5.32 Å². The molecule has 172 valence electrons. The topological polar surface area (TPSA) is 75.3 Å². The van der Waals surface area contributed by atoms with Gasteiger partial charge in [0.1, 0.15) is 4.90 Å². The van der Waals surface area contributed by atoms with Crippen molar-refractivity contribution >= 4 is 33.2 Å². The summed E-state index contributed by atoms with van der Waals surface area (Å²) in [5, 5.41) is 3.02. The molecule has 1 aliphatic rings. The molecule has 1 aliphatic carbocycles. The van der Waals surface area contributed by atoms with E-state index in [2.05, 4.69) is 22.2 Å². The number of carbonyl (C=O) groups is 1. The zero-order chi connectivity index (χ0) is 23.8. The van der Waals surface area contributed by atoms with Crippen LogP contribution in [0.15, 0.2) is 59.5 Å². The fraction of sp³-hybridized carbons (Fsp3) is 0.269. The van der Waals surface area contributed by atoms with Gasteiger partial charge in [0.05, 0.1) is 16.8 Å². The average Bonchev–Trinajstić information content (AvgIpc) is 3.25. The Kier molecular flexibility index (Phi) is 6.50. The normalized spacial score (nSPS) is 13.9. The maximum Gasteiger partial charge on any atom is 0.263 e. The summed E-state index contributed by atoms with van der Waals surface area (Å²) in [5.41, 5.74) is 6.25. The first-order valence-corrected chi connectivity index (χ1v) is 12.8. The van der Waals surface area contributed by atoms with Crippen LogP contribution in [-0.4, -0.2) is 14.3 Å².